The second-order valence-electron chi connectivity index (χ2n) is 5.77. The molecule has 0 saturated carbocycles. The van der Waals surface area contributed by atoms with Gasteiger partial charge >= 0.3 is 0 Å². The molecule has 0 fully saturated rings. The second-order valence-corrected chi connectivity index (χ2v) is 6.18. The van der Waals surface area contributed by atoms with E-state index in [1.54, 1.807) is 18.4 Å². The number of hydrogen-bond acceptors (Lipinski definition) is 4. The van der Waals surface area contributed by atoms with E-state index in [9.17, 15) is 4.39 Å². The fraction of sp³-hybridized carbons (Fsp3) is 0.190. The van der Waals surface area contributed by atoms with Crippen LogP contribution in [0.5, 0.6) is 11.5 Å². The summed E-state index contributed by atoms with van der Waals surface area (Å²) in [6.45, 7) is 3.24. The van der Waals surface area contributed by atoms with E-state index in [1.807, 2.05) is 37.3 Å². The maximum atomic E-state index is 13.0. The lowest BCUT2D eigenvalue weighted by atomic mass is 10.2. The molecule has 0 aliphatic heterocycles. The zero-order valence-electron chi connectivity index (χ0n) is 14.9. The third kappa shape index (κ3) is 5.31. The molecule has 4 nitrogen and oxygen atoms in total. The van der Waals surface area contributed by atoms with Crippen LogP contribution < -0.4 is 14.8 Å². The summed E-state index contributed by atoms with van der Waals surface area (Å²) < 4.78 is 29.8. The van der Waals surface area contributed by atoms with Gasteiger partial charge < -0.3 is 19.2 Å². The number of nitrogens with one attached hydrogen (secondary N) is 1. The van der Waals surface area contributed by atoms with Crippen LogP contribution >= 0.6 is 12.2 Å². The van der Waals surface area contributed by atoms with Crippen LogP contribution in [0, 0.1) is 5.82 Å². The van der Waals surface area contributed by atoms with Crippen molar-refractivity contribution in [3.05, 3.63) is 83.6 Å². The van der Waals surface area contributed by atoms with Crippen molar-refractivity contribution < 1.29 is 18.3 Å². The summed E-state index contributed by atoms with van der Waals surface area (Å²) in [5.41, 5.74) is 1.70. The number of furan rings is 1. The molecule has 3 aromatic rings. The standard InChI is InChI=1S/C21H20FNO3S/c1-2-24-20-12-16(21(27)23-13-18-4-3-11-25-18)7-10-19(20)26-14-15-5-8-17(22)9-6-15/h3-12H,2,13-14H2,1H3,(H,23,27). The summed E-state index contributed by atoms with van der Waals surface area (Å²) in [6, 6.07) is 15.5. The highest BCUT2D eigenvalue weighted by Gasteiger charge is 2.10. The Morgan fingerprint density at radius 2 is 1.89 bits per heavy atom. The number of ether oxygens (including phenoxy) is 2. The van der Waals surface area contributed by atoms with Crippen molar-refractivity contribution in [3.63, 3.8) is 0 Å². The molecule has 0 radical (unpaired) electrons. The van der Waals surface area contributed by atoms with Gasteiger partial charge in [0.05, 0.1) is 19.4 Å². The lowest BCUT2D eigenvalue weighted by Gasteiger charge is -2.14. The van der Waals surface area contributed by atoms with Crippen LogP contribution in [0.1, 0.15) is 23.8 Å². The molecule has 1 heterocycles. The Morgan fingerprint density at radius 3 is 2.59 bits per heavy atom. The van der Waals surface area contributed by atoms with E-state index >= 15 is 0 Å². The van der Waals surface area contributed by atoms with E-state index in [2.05, 4.69) is 5.32 Å². The molecule has 3 rings (SSSR count). The van der Waals surface area contributed by atoms with E-state index in [-0.39, 0.29) is 5.82 Å². The second kappa shape index (κ2) is 9.19. The predicted molar refractivity (Wildman–Crippen MR) is 106 cm³/mol. The summed E-state index contributed by atoms with van der Waals surface area (Å²) in [5.74, 6) is 1.76. The molecule has 1 aromatic heterocycles. The molecule has 0 unspecified atom stereocenters. The Morgan fingerprint density at radius 1 is 1.07 bits per heavy atom. The van der Waals surface area contributed by atoms with E-state index in [4.69, 9.17) is 26.1 Å². The van der Waals surface area contributed by atoms with Crippen LogP contribution in [0.25, 0.3) is 0 Å². The quantitative estimate of drug-likeness (QED) is 0.561. The predicted octanol–water partition coefficient (Wildman–Crippen LogP) is 4.86. The van der Waals surface area contributed by atoms with Gasteiger partial charge in [-0.1, -0.05) is 24.4 Å². The number of thiocarbonyl (C=S) groups is 1. The zero-order chi connectivity index (χ0) is 19.1. The third-order valence-corrected chi connectivity index (χ3v) is 4.20. The van der Waals surface area contributed by atoms with Gasteiger partial charge in [0.25, 0.3) is 0 Å². The van der Waals surface area contributed by atoms with Gasteiger partial charge in [-0.15, -0.1) is 0 Å². The van der Waals surface area contributed by atoms with Crippen molar-refractivity contribution in [2.24, 2.45) is 0 Å². The SMILES string of the molecule is CCOc1cc(C(=S)NCc2ccco2)ccc1OCc1ccc(F)cc1. The minimum Gasteiger partial charge on any atom is -0.490 e. The summed E-state index contributed by atoms with van der Waals surface area (Å²) in [5, 5.41) is 3.16. The first-order valence-electron chi connectivity index (χ1n) is 8.60. The molecule has 0 aliphatic rings. The fourth-order valence-electron chi connectivity index (χ4n) is 2.46. The molecule has 140 valence electrons. The molecule has 0 bridgehead atoms. The van der Waals surface area contributed by atoms with Crippen LogP contribution in [0.3, 0.4) is 0 Å². The summed E-state index contributed by atoms with van der Waals surface area (Å²) >= 11 is 5.45. The number of halogens is 1. The van der Waals surface area contributed by atoms with Crippen molar-refractivity contribution in [2.75, 3.05) is 6.61 Å². The largest absolute Gasteiger partial charge is 0.490 e. The van der Waals surface area contributed by atoms with Crippen molar-refractivity contribution in [1.82, 2.24) is 5.32 Å². The van der Waals surface area contributed by atoms with Crippen molar-refractivity contribution in [2.45, 2.75) is 20.1 Å². The first-order valence-corrected chi connectivity index (χ1v) is 9.01. The molecule has 27 heavy (non-hydrogen) atoms. The Balaban J connectivity index is 1.67. The van der Waals surface area contributed by atoms with Crippen LogP contribution in [0.15, 0.2) is 65.3 Å². The Kier molecular flexibility index (Phi) is 6.44. The molecular weight excluding hydrogens is 365 g/mol. The molecule has 0 spiro atoms. The van der Waals surface area contributed by atoms with Gasteiger partial charge in [0.15, 0.2) is 11.5 Å². The third-order valence-electron chi connectivity index (χ3n) is 3.82. The maximum absolute atomic E-state index is 13.0. The first-order chi connectivity index (χ1) is 13.2. The van der Waals surface area contributed by atoms with Crippen LogP contribution in [0.2, 0.25) is 0 Å². The molecule has 6 heteroatoms. The van der Waals surface area contributed by atoms with Crippen molar-refractivity contribution in [3.8, 4) is 11.5 Å². The summed E-state index contributed by atoms with van der Waals surface area (Å²) in [4.78, 5) is 0.595. The normalized spacial score (nSPS) is 10.4. The minimum absolute atomic E-state index is 0.270. The molecule has 0 amide bonds. The number of rotatable bonds is 8. The average Bonchev–Trinajstić information content (AvgIpc) is 3.20. The van der Waals surface area contributed by atoms with Gasteiger partial charge in [-0.25, -0.2) is 4.39 Å². The van der Waals surface area contributed by atoms with E-state index in [0.29, 0.717) is 36.2 Å². The van der Waals surface area contributed by atoms with Gasteiger partial charge in [-0.2, -0.15) is 0 Å². The number of benzene rings is 2. The highest BCUT2D eigenvalue weighted by molar-refractivity contribution is 7.80. The Hall–Kier alpha value is -2.86. The zero-order valence-corrected chi connectivity index (χ0v) is 15.7. The molecule has 0 saturated heterocycles. The lowest BCUT2D eigenvalue weighted by Crippen LogP contribution is -2.21. The molecule has 0 atom stereocenters. The summed E-state index contributed by atoms with van der Waals surface area (Å²) in [6.07, 6.45) is 1.63. The van der Waals surface area contributed by atoms with Crippen LogP contribution in [0.4, 0.5) is 4.39 Å². The topological polar surface area (TPSA) is 43.6 Å². The van der Waals surface area contributed by atoms with E-state index in [1.165, 1.54) is 12.1 Å². The van der Waals surface area contributed by atoms with Gasteiger partial charge in [0.1, 0.15) is 23.2 Å². The van der Waals surface area contributed by atoms with Gasteiger partial charge in [-0.3, -0.25) is 0 Å². The lowest BCUT2D eigenvalue weighted by molar-refractivity contribution is 0.269. The highest BCUT2D eigenvalue weighted by Crippen LogP contribution is 2.29. The van der Waals surface area contributed by atoms with Crippen LogP contribution in [-0.2, 0) is 13.2 Å². The molecule has 0 aliphatic carbocycles. The van der Waals surface area contributed by atoms with Crippen LogP contribution in [-0.4, -0.2) is 11.6 Å². The molecule has 1 N–H and O–H groups in total. The van der Waals surface area contributed by atoms with E-state index < -0.39 is 0 Å². The maximum Gasteiger partial charge on any atom is 0.161 e. The van der Waals surface area contributed by atoms with Gasteiger partial charge in [-0.05, 0) is 55.0 Å². The minimum atomic E-state index is -0.270. The van der Waals surface area contributed by atoms with Crippen molar-refractivity contribution in [1.29, 1.82) is 0 Å². The van der Waals surface area contributed by atoms with Gasteiger partial charge in [0, 0.05) is 5.56 Å². The summed E-state index contributed by atoms with van der Waals surface area (Å²) in [7, 11) is 0. The number of hydrogen-bond donors (Lipinski definition) is 1. The molecular formula is C21H20FNO3S. The highest BCUT2D eigenvalue weighted by atomic mass is 32.1. The van der Waals surface area contributed by atoms with E-state index in [0.717, 1.165) is 16.9 Å². The van der Waals surface area contributed by atoms with Gasteiger partial charge in [0.2, 0.25) is 0 Å². The molecule has 2 aromatic carbocycles. The monoisotopic (exact) mass is 385 g/mol. The Bertz CT molecular complexity index is 879. The smallest absolute Gasteiger partial charge is 0.161 e. The average molecular weight is 385 g/mol. The first kappa shape index (κ1) is 18.9. The van der Waals surface area contributed by atoms with Crippen molar-refractivity contribution >= 4 is 17.2 Å². The fourth-order valence-corrected chi connectivity index (χ4v) is 2.66. The Labute approximate surface area is 162 Å².